The van der Waals surface area contributed by atoms with Gasteiger partial charge in [-0.15, -0.1) is 0 Å². The minimum absolute atomic E-state index is 0.0287. The molecule has 2 N–H and O–H groups in total. The highest BCUT2D eigenvalue weighted by Crippen LogP contribution is 2.35. The van der Waals surface area contributed by atoms with E-state index in [0.29, 0.717) is 12.4 Å². The van der Waals surface area contributed by atoms with Crippen molar-refractivity contribution in [2.24, 2.45) is 0 Å². The molecule has 34 heavy (non-hydrogen) atoms. The summed E-state index contributed by atoms with van der Waals surface area (Å²) in [6, 6.07) is 11.1. The van der Waals surface area contributed by atoms with Crippen LogP contribution in [-0.2, 0) is 10.0 Å². The highest BCUT2D eigenvalue weighted by atomic mass is 32.2. The third-order valence-corrected chi connectivity index (χ3v) is 6.02. The van der Waals surface area contributed by atoms with Gasteiger partial charge in [-0.1, -0.05) is 0 Å². The summed E-state index contributed by atoms with van der Waals surface area (Å²) in [6.07, 6.45) is 0. The summed E-state index contributed by atoms with van der Waals surface area (Å²) in [5.41, 5.74) is -0.289. The molecule has 0 saturated carbocycles. The first-order chi connectivity index (χ1) is 16.2. The van der Waals surface area contributed by atoms with Gasteiger partial charge in [0.05, 0.1) is 37.0 Å². The summed E-state index contributed by atoms with van der Waals surface area (Å²) < 4.78 is 70.9. The maximum Gasteiger partial charge on any atom is 0.261 e. The van der Waals surface area contributed by atoms with Crippen molar-refractivity contribution >= 4 is 27.3 Å². The topological polar surface area (TPSA) is 103 Å². The van der Waals surface area contributed by atoms with Crippen LogP contribution in [-0.4, -0.2) is 35.2 Å². The second-order valence-electron chi connectivity index (χ2n) is 6.85. The summed E-state index contributed by atoms with van der Waals surface area (Å²) in [7, 11) is -1.43. The van der Waals surface area contributed by atoms with E-state index in [2.05, 4.69) is 10.0 Å². The lowest BCUT2D eigenvalue weighted by molar-refractivity contribution is 0.102. The fourth-order valence-corrected chi connectivity index (χ4v) is 4.08. The number of nitrogens with one attached hydrogen (secondary N) is 2. The Bertz CT molecular complexity index is 1300. The molecule has 0 unspecified atom stereocenters. The monoisotopic (exact) mass is 492 g/mol. The molecule has 0 aliphatic rings. The number of sulfonamides is 1. The fourth-order valence-electron chi connectivity index (χ4n) is 3.01. The highest BCUT2D eigenvalue weighted by Gasteiger charge is 2.22. The van der Waals surface area contributed by atoms with Gasteiger partial charge in [0.2, 0.25) is 0 Å². The molecule has 0 fully saturated rings. The van der Waals surface area contributed by atoms with E-state index in [-0.39, 0.29) is 33.3 Å². The molecule has 0 saturated heterocycles. The summed E-state index contributed by atoms with van der Waals surface area (Å²) in [5.74, 6) is -2.21. The molecule has 0 bridgehead atoms. The Morgan fingerprint density at radius 3 is 2.15 bits per heavy atom. The highest BCUT2D eigenvalue weighted by molar-refractivity contribution is 7.92. The molecule has 0 aliphatic carbocycles. The Labute approximate surface area is 195 Å². The first-order valence-corrected chi connectivity index (χ1v) is 11.4. The zero-order valence-corrected chi connectivity index (χ0v) is 19.3. The van der Waals surface area contributed by atoms with Gasteiger partial charge in [-0.2, -0.15) is 0 Å². The molecule has 180 valence electrons. The number of halogens is 2. The number of hydrogen-bond acceptors (Lipinski definition) is 6. The van der Waals surface area contributed by atoms with E-state index < -0.39 is 27.6 Å². The lowest BCUT2D eigenvalue weighted by Gasteiger charge is -2.17. The summed E-state index contributed by atoms with van der Waals surface area (Å²) in [4.78, 5) is 12.9. The van der Waals surface area contributed by atoms with Crippen molar-refractivity contribution in [1.82, 2.24) is 0 Å². The molecular formula is C23H22F2N2O6S. The molecule has 0 radical (unpaired) electrons. The molecule has 0 aromatic heterocycles. The second kappa shape index (κ2) is 10.4. The largest absolute Gasteiger partial charge is 0.494 e. The standard InChI is InChI=1S/C23H22F2N2O6S/c1-4-33-15-6-8-16(9-7-15)34(29,30)27-20-13-22(32-3)21(31-2)12-17(20)23(28)26-14-5-10-18(24)19(25)11-14/h5-13,27H,4H2,1-3H3,(H,26,28). The molecule has 3 rings (SSSR count). The number of hydrogen-bond donors (Lipinski definition) is 2. The zero-order valence-electron chi connectivity index (χ0n) is 18.5. The van der Waals surface area contributed by atoms with Crippen molar-refractivity contribution < 1.29 is 36.2 Å². The van der Waals surface area contributed by atoms with E-state index in [1.54, 1.807) is 6.92 Å². The predicted molar refractivity (Wildman–Crippen MR) is 122 cm³/mol. The Morgan fingerprint density at radius 2 is 1.56 bits per heavy atom. The van der Waals surface area contributed by atoms with E-state index in [9.17, 15) is 22.0 Å². The van der Waals surface area contributed by atoms with Crippen LogP contribution in [0.4, 0.5) is 20.2 Å². The third kappa shape index (κ3) is 5.54. The minimum Gasteiger partial charge on any atom is -0.494 e. The van der Waals surface area contributed by atoms with Gasteiger partial charge < -0.3 is 19.5 Å². The normalized spacial score (nSPS) is 11.0. The summed E-state index contributed by atoms with van der Waals surface area (Å²) in [6.45, 7) is 2.22. The Morgan fingerprint density at radius 1 is 0.912 bits per heavy atom. The molecule has 0 atom stereocenters. The van der Waals surface area contributed by atoms with Gasteiger partial charge in [0.15, 0.2) is 23.1 Å². The zero-order chi connectivity index (χ0) is 24.9. The first kappa shape index (κ1) is 24.8. The molecule has 1 amide bonds. The van der Waals surface area contributed by atoms with Crippen LogP contribution in [0.15, 0.2) is 59.5 Å². The smallest absolute Gasteiger partial charge is 0.261 e. The fraction of sp³-hybridized carbons (Fsp3) is 0.174. The van der Waals surface area contributed by atoms with E-state index in [4.69, 9.17) is 14.2 Å². The average molecular weight is 493 g/mol. The molecule has 3 aromatic rings. The minimum atomic E-state index is -4.12. The lowest BCUT2D eigenvalue weighted by atomic mass is 10.1. The van der Waals surface area contributed by atoms with Gasteiger partial charge >= 0.3 is 0 Å². The van der Waals surface area contributed by atoms with E-state index in [1.165, 1.54) is 56.7 Å². The summed E-state index contributed by atoms with van der Waals surface area (Å²) >= 11 is 0. The average Bonchev–Trinajstić information content (AvgIpc) is 2.81. The number of ether oxygens (including phenoxy) is 3. The second-order valence-corrected chi connectivity index (χ2v) is 8.53. The van der Waals surface area contributed by atoms with Gasteiger partial charge in [0.1, 0.15) is 5.75 Å². The van der Waals surface area contributed by atoms with Gasteiger partial charge in [-0.05, 0) is 49.4 Å². The molecule has 0 spiro atoms. The summed E-state index contributed by atoms with van der Waals surface area (Å²) in [5, 5.41) is 2.41. The van der Waals surface area contributed by atoms with Gasteiger partial charge in [-0.3, -0.25) is 9.52 Å². The number of rotatable bonds is 9. The number of methoxy groups -OCH3 is 2. The van der Waals surface area contributed by atoms with Crippen LogP contribution >= 0.6 is 0 Å². The molecule has 0 aliphatic heterocycles. The van der Waals surface area contributed by atoms with Crippen LogP contribution < -0.4 is 24.2 Å². The van der Waals surface area contributed by atoms with E-state index in [0.717, 1.165) is 12.1 Å². The SMILES string of the molecule is CCOc1ccc(S(=O)(=O)Nc2cc(OC)c(OC)cc2C(=O)Nc2ccc(F)c(F)c2)cc1. The maximum absolute atomic E-state index is 13.6. The van der Waals surface area contributed by atoms with Crippen molar-refractivity contribution in [3.8, 4) is 17.2 Å². The van der Waals surface area contributed by atoms with Crippen LogP contribution in [0.25, 0.3) is 0 Å². The Kier molecular flexibility index (Phi) is 7.57. The van der Waals surface area contributed by atoms with Crippen LogP contribution in [0, 0.1) is 11.6 Å². The van der Waals surface area contributed by atoms with E-state index in [1.807, 2.05) is 0 Å². The number of anilines is 2. The van der Waals surface area contributed by atoms with Crippen molar-refractivity contribution in [2.45, 2.75) is 11.8 Å². The first-order valence-electron chi connectivity index (χ1n) is 9.96. The Balaban J connectivity index is 1.99. The van der Waals surface area contributed by atoms with Gasteiger partial charge in [0, 0.05) is 17.8 Å². The Hall–Kier alpha value is -3.86. The number of carbonyl (C=O) groups excluding carboxylic acids is 1. The van der Waals surface area contributed by atoms with Crippen LogP contribution in [0.1, 0.15) is 17.3 Å². The third-order valence-electron chi connectivity index (χ3n) is 4.64. The lowest BCUT2D eigenvalue weighted by Crippen LogP contribution is -2.19. The molecule has 3 aromatic carbocycles. The number of carbonyl (C=O) groups is 1. The molecule has 11 heteroatoms. The molecule has 0 heterocycles. The van der Waals surface area contributed by atoms with Crippen LogP contribution in [0.3, 0.4) is 0 Å². The molecule has 8 nitrogen and oxygen atoms in total. The number of amides is 1. The maximum atomic E-state index is 13.6. The number of benzene rings is 3. The van der Waals surface area contributed by atoms with Crippen LogP contribution in [0.2, 0.25) is 0 Å². The quantitative estimate of drug-likeness (QED) is 0.458. The van der Waals surface area contributed by atoms with Crippen molar-refractivity contribution in [1.29, 1.82) is 0 Å². The molecular weight excluding hydrogens is 470 g/mol. The van der Waals surface area contributed by atoms with Gasteiger partial charge in [-0.25, -0.2) is 17.2 Å². The van der Waals surface area contributed by atoms with Gasteiger partial charge in [0.25, 0.3) is 15.9 Å². The van der Waals surface area contributed by atoms with Crippen molar-refractivity contribution in [3.63, 3.8) is 0 Å². The van der Waals surface area contributed by atoms with Crippen LogP contribution in [0.5, 0.6) is 17.2 Å². The predicted octanol–water partition coefficient (Wildman–Crippen LogP) is 4.43. The van der Waals surface area contributed by atoms with Crippen molar-refractivity contribution in [3.05, 3.63) is 71.8 Å². The van der Waals surface area contributed by atoms with Crippen molar-refractivity contribution in [2.75, 3.05) is 30.9 Å². The van der Waals surface area contributed by atoms with E-state index >= 15 is 0 Å².